The van der Waals surface area contributed by atoms with Gasteiger partial charge in [-0.05, 0) is 33.7 Å². The summed E-state index contributed by atoms with van der Waals surface area (Å²) in [6.07, 6.45) is 6.52. The number of alkyl halides is 1. The first-order valence-electron chi connectivity index (χ1n) is 6.82. The SMILES string of the molecule is CC(C)n1ncnc1CN(C)C1CCCCC1Cl. The molecule has 18 heavy (non-hydrogen) atoms. The van der Waals surface area contributed by atoms with E-state index in [1.54, 1.807) is 6.33 Å². The number of rotatable bonds is 4. The third kappa shape index (κ3) is 3.04. The van der Waals surface area contributed by atoms with Crippen molar-refractivity contribution in [2.45, 2.75) is 63.5 Å². The van der Waals surface area contributed by atoms with Gasteiger partial charge in [0.25, 0.3) is 0 Å². The van der Waals surface area contributed by atoms with Gasteiger partial charge in [-0.25, -0.2) is 9.67 Å². The minimum atomic E-state index is 0.277. The Hall–Kier alpha value is -0.610. The molecule has 1 fully saturated rings. The van der Waals surface area contributed by atoms with Gasteiger partial charge in [0.15, 0.2) is 0 Å². The molecule has 0 spiro atoms. The van der Waals surface area contributed by atoms with Gasteiger partial charge in [-0.2, -0.15) is 5.10 Å². The molecule has 1 aromatic rings. The third-order valence-electron chi connectivity index (χ3n) is 3.74. The lowest BCUT2D eigenvalue weighted by atomic mass is 9.94. The Morgan fingerprint density at radius 2 is 2.17 bits per heavy atom. The zero-order valence-electron chi connectivity index (χ0n) is 11.5. The van der Waals surface area contributed by atoms with Gasteiger partial charge < -0.3 is 0 Å². The molecular weight excluding hydrogens is 248 g/mol. The van der Waals surface area contributed by atoms with Gasteiger partial charge in [0.05, 0.1) is 6.54 Å². The molecule has 0 saturated heterocycles. The highest BCUT2D eigenvalue weighted by Gasteiger charge is 2.27. The lowest BCUT2D eigenvalue weighted by molar-refractivity contribution is 0.181. The summed E-state index contributed by atoms with van der Waals surface area (Å²) < 4.78 is 1.99. The maximum absolute atomic E-state index is 6.44. The largest absolute Gasteiger partial charge is 0.295 e. The maximum Gasteiger partial charge on any atom is 0.141 e. The molecule has 4 nitrogen and oxygen atoms in total. The van der Waals surface area contributed by atoms with Crippen LogP contribution in [0.25, 0.3) is 0 Å². The van der Waals surface area contributed by atoms with Crippen molar-refractivity contribution < 1.29 is 0 Å². The van der Waals surface area contributed by atoms with E-state index in [0.717, 1.165) is 18.8 Å². The van der Waals surface area contributed by atoms with Gasteiger partial charge >= 0.3 is 0 Å². The first-order valence-corrected chi connectivity index (χ1v) is 7.26. The van der Waals surface area contributed by atoms with E-state index in [9.17, 15) is 0 Å². The molecule has 1 heterocycles. The first-order chi connectivity index (χ1) is 8.59. The standard InChI is InChI=1S/C13H23ClN4/c1-10(2)18-13(15-9-16-18)8-17(3)12-7-5-4-6-11(12)14/h9-12H,4-8H2,1-3H3. The van der Waals surface area contributed by atoms with Crippen molar-refractivity contribution in [1.29, 1.82) is 0 Å². The van der Waals surface area contributed by atoms with E-state index >= 15 is 0 Å². The fourth-order valence-corrected chi connectivity index (χ4v) is 3.19. The Morgan fingerprint density at radius 1 is 1.44 bits per heavy atom. The molecule has 2 unspecified atom stereocenters. The molecule has 0 N–H and O–H groups in total. The molecule has 0 aromatic carbocycles. The molecule has 1 saturated carbocycles. The molecule has 1 aromatic heterocycles. The van der Waals surface area contributed by atoms with Crippen LogP contribution in [0.4, 0.5) is 0 Å². The summed E-state index contributed by atoms with van der Waals surface area (Å²) in [5.74, 6) is 1.03. The molecule has 0 aliphatic heterocycles. The molecule has 0 bridgehead atoms. The fraction of sp³-hybridized carbons (Fsp3) is 0.846. The third-order valence-corrected chi connectivity index (χ3v) is 4.25. The van der Waals surface area contributed by atoms with Crippen LogP contribution in [0.2, 0.25) is 0 Å². The van der Waals surface area contributed by atoms with E-state index in [-0.39, 0.29) is 5.38 Å². The van der Waals surface area contributed by atoms with Gasteiger partial charge in [-0.1, -0.05) is 12.8 Å². The Bertz CT molecular complexity index is 377. The monoisotopic (exact) mass is 270 g/mol. The summed E-state index contributed by atoms with van der Waals surface area (Å²) in [5, 5.41) is 4.56. The molecule has 0 amide bonds. The van der Waals surface area contributed by atoms with Crippen LogP contribution in [-0.2, 0) is 6.54 Å². The molecule has 1 aliphatic rings. The lowest BCUT2D eigenvalue weighted by Crippen LogP contribution is -2.41. The van der Waals surface area contributed by atoms with E-state index in [1.807, 2.05) is 4.68 Å². The van der Waals surface area contributed by atoms with Crippen molar-refractivity contribution in [3.63, 3.8) is 0 Å². The number of hydrogen-bond donors (Lipinski definition) is 0. The van der Waals surface area contributed by atoms with Crippen LogP contribution in [-0.4, -0.2) is 38.1 Å². The predicted octanol–water partition coefficient (Wildman–Crippen LogP) is 2.84. The Balaban J connectivity index is 2.01. The zero-order chi connectivity index (χ0) is 13.1. The molecular formula is C13H23ClN4. The topological polar surface area (TPSA) is 34.0 Å². The molecule has 1 aliphatic carbocycles. The van der Waals surface area contributed by atoms with E-state index in [2.05, 4.69) is 35.9 Å². The second kappa shape index (κ2) is 6.02. The average molecular weight is 271 g/mol. The van der Waals surface area contributed by atoms with Crippen LogP contribution in [0.5, 0.6) is 0 Å². The van der Waals surface area contributed by atoms with Gasteiger partial charge in [-0.3, -0.25) is 4.90 Å². The normalized spacial score (nSPS) is 25.0. The van der Waals surface area contributed by atoms with Crippen molar-refractivity contribution in [2.24, 2.45) is 0 Å². The molecule has 2 rings (SSSR count). The predicted molar refractivity (Wildman–Crippen MR) is 73.8 cm³/mol. The number of halogens is 1. The Kier molecular flexibility index (Phi) is 4.62. The van der Waals surface area contributed by atoms with Gasteiger partial charge in [0.2, 0.25) is 0 Å². The molecule has 2 atom stereocenters. The summed E-state index contributed by atoms with van der Waals surface area (Å²) in [6.45, 7) is 5.08. The lowest BCUT2D eigenvalue weighted by Gasteiger charge is -2.34. The van der Waals surface area contributed by atoms with Crippen molar-refractivity contribution in [3.05, 3.63) is 12.2 Å². The van der Waals surface area contributed by atoms with E-state index in [1.165, 1.54) is 19.3 Å². The summed E-state index contributed by atoms with van der Waals surface area (Å²) in [7, 11) is 2.14. The van der Waals surface area contributed by atoms with Crippen LogP contribution in [0.1, 0.15) is 51.4 Å². The first kappa shape index (κ1) is 13.8. The van der Waals surface area contributed by atoms with E-state index in [4.69, 9.17) is 11.6 Å². The minimum absolute atomic E-state index is 0.277. The quantitative estimate of drug-likeness (QED) is 0.789. The maximum atomic E-state index is 6.44. The second-order valence-electron chi connectivity index (χ2n) is 5.50. The smallest absolute Gasteiger partial charge is 0.141 e. The zero-order valence-corrected chi connectivity index (χ0v) is 12.3. The van der Waals surface area contributed by atoms with E-state index in [0.29, 0.717) is 12.1 Å². The minimum Gasteiger partial charge on any atom is -0.295 e. The number of nitrogens with zero attached hydrogens (tertiary/aromatic N) is 4. The Morgan fingerprint density at radius 3 is 2.83 bits per heavy atom. The Labute approximate surface area is 114 Å². The van der Waals surface area contributed by atoms with Crippen LogP contribution in [0.15, 0.2) is 6.33 Å². The number of aromatic nitrogens is 3. The molecule has 0 radical (unpaired) electrons. The summed E-state index contributed by atoms with van der Waals surface area (Å²) in [4.78, 5) is 6.70. The highest BCUT2D eigenvalue weighted by molar-refractivity contribution is 6.21. The second-order valence-corrected chi connectivity index (χ2v) is 6.06. The van der Waals surface area contributed by atoms with Crippen LogP contribution < -0.4 is 0 Å². The molecule has 5 heteroatoms. The van der Waals surface area contributed by atoms with E-state index < -0.39 is 0 Å². The summed E-state index contributed by atoms with van der Waals surface area (Å²) in [6, 6.07) is 0.826. The highest BCUT2D eigenvalue weighted by Crippen LogP contribution is 2.27. The number of hydrogen-bond acceptors (Lipinski definition) is 3. The van der Waals surface area contributed by atoms with Crippen molar-refractivity contribution in [1.82, 2.24) is 19.7 Å². The average Bonchev–Trinajstić information content (AvgIpc) is 2.77. The van der Waals surface area contributed by atoms with Crippen molar-refractivity contribution >= 4 is 11.6 Å². The van der Waals surface area contributed by atoms with Gasteiger partial charge in [0.1, 0.15) is 12.2 Å². The van der Waals surface area contributed by atoms with Gasteiger partial charge in [0, 0.05) is 17.5 Å². The van der Waals surface area contributed by atoms with Crippen molar-refractivity contribution in [2.75, 3.05) is 7.05 Å². The van der Waals surface area contributed by atoms with Crippen LogP contribution in [0.3, 0.4) is 0 Å². The summed E-state index contributed by atoms with van der Waals surface area (Å²) in [5.41, 5.74) is 0. The fourth-order valence-electron chi connectivity index (χ4n) is 2.72. The highest BCUT2D eigenvalue weighted by atomic mass is 35.5. The van der Waals surface area contributed by atoms with Crippen LogP contribution >= 0.6 is 11.6 Å². The molecule has 102 valence electrons. The van der Waals surface area contributed by atoms with Crippen molar-refractivity contribution in [3.8, 4) is 0 Å². The summed E-state index contributed by atoms with van der Waals surface area (Å²) >= 11 is 6.44. The van der Waals surface area contributed by atoms with Gasteiger partial charge in [-0.15, -0.1) is 11.6 Å². The van der Waals surface area contributed by atoms with Crippen LogP contribution in [0, 0.1) is 0 Å².